The molecule has 0 radical (unpaired) electrons. The fourth-order valence-corrected chi connectivity index (χ4v) is 2.59. The number of carboxylic acid groups (broad SMARTS) is 1. The van der Waals surface area contributed by atoms with Crippen molar-refractivity contribution >= 4 is 11.9 Å². The second kappa shape index (κ2) is 8.13. The second-order valence-electron chi connectivity index (χ2n) is 5.61. The van der Waals surface area contributed by atoms with Gasteiger partial charge in [-0.25, -0.2) is 0 Å². The van der Waals surface area contributed by atoms with E-state index < -0.39 is 11.9 Å². The Morgan fingerprint density at radius 1 is 1.00 bits per heavy atom. The minimum Gasteiger partial charge on any atom is -0.481 e. The highest BCUT2D eigenvalue weighted by Crippen LogP contribution is 2.27. The van der Waals surface area contributed by atoms with Crippen LogP contribution in [0.3, 0.4) is 0 Å². The summed E-state index contributed by atoms with van der Waals surface area (Å²) >= 11 is 0. The van der Waals surface area contributed by atoms with E-state index in [9.17, 15) is 9.59 Å². The van der Waals surface area contributed by atoms with E-state index in [-0.39, 0.29) is 18.2 Å². The Kier molecular flexibility index (Phi) is 5.92. The van der Waals surface area contributed by atoms with Crippen molar-refractivity contribution in [3.05, 3.63) is 71.8 Å². The summed E-state index contributed by atoms with van der Waals surface area (Å²) in [6, 6.07) is 19.1. The molecule has 1 amide bonds. The molecule has 4 nitrogen and oxygen atoms in total. The number of carbonyl (C=O) groups excluding carboxylic acids is 1. The molecule has 4 heteroatoms. The highest BCUT2D eigenvalue weighted by Gasteiger charge is 2.28. The Balaban J connectivity index is 2.07. The van der Waals surface area contributed by atoms with Gasteiger partial charge < -0.3 is 10.4 Å². The number of benzene rings is 2. The van der Waals surface area contributed by atoms with Gasteiger partial charge >= 0.3 is 5.97 Å². The quantitative estimate of drug-likeness (QED) is 0.825. The van der Waals surface area contributed by atoms with E-state index in [0.717, 1.165) is 11.1 Å². The van der Waals surface area contributed by atoms with Crippen molar-refractivity contribution in [2.75, 3.05) is 0 Å². The van der Waals surface area contributed by atoms with Gasteiger partial charge in [0.2, 0.25) is 5.91 Å². The van der Waals surface area contributed by atoms with Crippen LogP contribution in [-0.2, 0) is 16.1 Å². The van der Waals surface area contributed by atoms with Crippen LogP contribution < -0.4 is 5.32 Å². The molecule has 23 heavy (non-hydrogen) atoms. The second-order valence-corrected chi connectivity index (χ2v) is 5.61. The summed E-state index contributed by atoms with van der Waals surface area (Å²) in [5, 5.41) is 12.0. The van der Waals surface area contributed by atoms with Crippen molar-refractivity contribution in [3.63, 3.8) is 0 Å². The molecule has 0 heterocycles. The van der Waals surface area contributed by atoms with Gasteiger partial charge in [-0.05, 0) is 17.0 Å². The van der Waals surface area contributed by atoms with E-state index in [0.29, 0.717) is 6.54 Å². The number of hydrogen-bond acceptors (Lipinski definition) is 2. The van der Waals surface area contributed by atoms with E-state index in [1.165, 1.54) is 0 Å². The lowest BCUT2D eigenvalue weighted by Crippen LogP contribution is -2.34. The molecule has 0 aromatic heterocycles. The SMILES string of the molecule is CC(c1ccccc1)C(CC(=O)O)C(=O)NCc1ccccc1. The summed E-state index contributed by atoms with van der Waals surface area (Å²) in [6.45, 7) is 2.29. The minimum atomic E-state index is -0.965. The molecule has 0 saturated carbocycles. The average molecular weight is 311 g/mol. The first-order valence-electron chi connectivity index (χ1n) is 7.66. The fourth-order valence-electron chi connectivity index (χ4n) is 2.59. The molecule has 120 valence electrons. The van der Waals surface area contributed by atoms with Gasteiger partial charge in [0.1, 0.15) is 0 Å². The Morgan fingerprint density at radius 3 is 2.13 bits per heavy atom. The zero-order chi connectivity index (χ0) is 16.7. The van der Waals surface area contributed by atoms with Crippen LogP contribution in [0.1, 0.15) is 30.4 Å². The third kappa shape index (κ3) is 4.95. The van der Waals surface area contributed by atoms with Gasteiger partial charge in [-0.1, -0.05) is 67.6 Å². The molecule has 0 aliphatic rings. The molecule has 0 fully saturated rings. The molecule has 2 aromatic rings. The molecule has 2 atom stereocenters. The largest absolute Gasteiger partial charge is 0.481 e. The minimum absolute atomic E-state index is 0.164. The van der Waals surface area contributed by atoms with E-state index in [4.69, 9.17) is 5.11 Å². The number of nitrogens with one attached hydrogen (secondary N) is 1. The van der Waals surface area contributed by atoms with Crippen LogP contribution in [0.2, 0.25) is 0 Å². The monoisotopic (exact) mass is 311 g/mol. The first-order valence-corrected chi connectivity index (χ1v) is 7.66. The summed E-state index contributed by atoms with van der Waals surface area (Å²) in [7, 11) is 0. The molecule has 0 bridgehead atoms. The molecule has 0 aliphatic heterocycles. The summed E-state index contributed by atoms with van der Waals surface area (Å²) in [5.74, 6) is -1.96. The maximum Gasteiger partial charge on any atom is 0.304 e. The predicted molar refractivity (Wildman–Crippen MR) is 88.9 cm³/mol. The Bertz CT molecular complexity index is 640. The van der Waals surface area contributed by atoms with Crippen LogP contribution in [0.15, 0.2) is 60.7 Å². The van der Waals surface area contributed by atoms with Gasteiger partial charge in [0.05, 0.1) is 12.3 Å². The van der Waals surface area contributed by atoms with Crippen LogP contribution in [0.4, 0.5) is 0 Å². The lowest BCUT2D eigenvalue weighted by atomic mass is 9.84. The summed E-state index contributed by atoms with van der Waals surface area (Å²) in [4.78, 5) is 23.6. The van der Waals surface area contributed by atoms with Crippen molar-refractivity contribution in [1.82, 2.24) is 5.32 Å². The molecule has 0 saturated heterocycles. The number of carboxylic acids is 1. The van der Waals surface area contributed by atoms with Crippen LogP contribution in [0.25, 0.3) is 0 Å². The third-order valence-corrected chi connectivity index (χ3v) is 3.97. The topological polar surface area (TPSA) is 66.4 Å². The zero-order valence-corrected chi connectivity index (χ0v) is 13.1. The molecule has 2 unspecified atom stereocenters. The van der Waals surface area contributed by atoms with Gasteiger partial charge in [-0.15, -0.1) is 0 Å². The van der Waals surface area contributed by atoms with Crippen LogP contribution in [0, 0.1) is 5.92 Å². The van der Waals surface area contributed by atoms with Gasteiger partial charge in [0.15, 0.2) is 0 Å². The van der Waals surface area contributed by atoms with E-state index in [1.807, 2.05) is 67.6 Å². The standard InChI is InChI=1S/C19H21NO3/c1-14(16-10-6-3-7-11-16)17(12-18(21)22)19(23)20-13-15-8-4-2-5-9-15/h2-11,14,17H,12-13H2,1H3,(H,20,23)(H,21,22). The summed E-state index contributed by atoms with van der Waals surface area (Å²) < 4.78 is 0. The lowest BCUT2D eigenvalue weighted by molar-refractivity contribution is -0.141. The Morgan fingerprint density at radius 2 is 1.57 bits per heavy atom. The predicted octanol–water partition coefficient (Wildman–Crippen LogP) is 3.20. The molecule has 0 aliphatic carbocycles. The first-order chi connectivity index (χ1) is 11.1. The third-order valence-electron chi connectivity index (χ3n) is 3.97. The highest BCUT2D eigenvalue weighted by atomic mass is 16.4. The molecular weight excluding hydrogens is 290 g/mol. The number of aliphatic carboxylic acids is 1. The zero-order valence-electron chi connectivity index (χ0n) is 13.1. The Labute approximate surface area is 136 Å². The molecule has 2 aromatic carbocycles. The highest BCUT2D eigenvalue weighted by molar-refractivity contribution is 5.84. The molecule has 2 rings (SSSR count). The number of carbonyl (C=O) groups is 2. The van der Waals surface area contributed by atoms with Crippen molar-refractivity contribution in [1.29, 1.82) is 0 Å². The smallest absolute Gasteiger partial charge is 0.304 e. The number of hydrogen-bond donors (Lipinski definition) is 2. The fraction of sp³-hybridized carbons (Fsp3) is 0.263. The number of rotatable bonds is 7. The first kappa shape index (κ1) is 16.7. The van der Waals surface area contributed by atoms with E-state index in [2.05, 4.69) is 5.32 Å². The van der Waals surface area contributed by atoms with Crippen LogP contribution >= 0.6 is 0 Å². The molecule has 0 spiro atoms. The molecule has 2 N–H and O–H groups in total. The molecular formula is C19H21NO3. The van der Waals surface area contributed by atoms with Gasteiger partial charge in [0.25, 0.3) is 0 Å². The number of amides is 1. The lowest BCUT2D eigenvalue weighted by Gasteiger charge is -2.22. The van der Waals surface area contributed by atoms with Gasteiger partial charge in [-0.3, -0.25) is 9.59 Å². The van der Waals surface area contributed by atoms with Crippen LogP contribution in [-0.4, -0.2) is 17.0 Å². The van der Waals surface area contributed by atoms with Crippen LogP contribution in [0.5, 0.6) is 0 Å². The van der Waals surface area contributed by atoms with Crippen molar-refractivity contribution in [2.24, 2.45) is 5.92 Å². The van der Waals surface area contributed by atoms with Crippen molar-refractivity contribution < 1.29 is 14.7 Å². The van der Waals surface area contributed by atoms with E-state index >= 15 is 0 Å². The van der Waals surface area contributed by atoms with E-state index in [1.54, 1.807) is 0 Å². The van der Waals surface area contributed by atoms with Gasteiger partial charge in [-0.2, -0.15) is 0 Å². The van der Waals surface area contributed by atoms with Crippen molar-refractivity contribution in [3.8, 4) is 0 Å². The normalized spacial score (nSPS) is 13.1. The Hall–Kier alpha value is -2.62. The maximum absolute atomic E-state index is 12.5. The van der Waals surface area contributed by atoms with Gasteiger partial charge in [0, 0.05) is 6.54 Å². The average Bonchev–Trinajstić information content (AvgIpc) is 2.58. The van der Waals surface area contributed by atoms with Crippen molar-refractivity contribution in [2.45, 2.75) is 25.8 Å². The summed E-state index contributed by atoms with van der Waals surface area (Å²) in [5.41, 5.74) is 1.95. The maximum atomic E-state index is 12.5. The summed E-state index contributed by atoms with van der Waals surface area (Å²) in [6.07, 6.45) is -0.184.